The van der Waals surface area contributed by atoms with Gasteiger partial charge in [-0.3, -0.25) is 0 Å². The minimum absolute atomic E-state index is 0.463. The molecule has 4 aromatic heterocycles. The molecule has 0 aliphatic heterocycles. The normalized spacial score (nSPS) is 11.9. The zero-order chi connectivity index (χ0) is 19.2. The van der Waals surface area contributed by atoms with Crippen molar-refractivity contribution in [1.82, 2.24) is 24.5 Å². The number of ether oxygens (including phenoxy) is 1. The molecule has 4 aromatic rings. The number of thiazole rings is 1. The Morgan fingerprint density at radius 1 is 1.30 bits per heavy atom. The molecule has 0 bridgehead atoms. The van der Waals surface area contributed by atoms with Gasteiger partial charge in [-0.2, -0.15) is 0 Å². The van der Waals surface area contributed by atoms with Crippen LogP contribution < -0.4 is 0 Å². The molecule has 0 saturated heterocycles. The van der Waals surface area contributed by atoms with Gasteiger partial charge >= 0.3 is 6.09 Å². The summed E-state index contributed by atoms with van der Waals surface area (Å²) in [6.07, 6.45) is 4.70. The number of H-pyrrole nitrogens is 1. The number of imidazole rings is 1. The van der Waals surface area contributed by atoms with Gasteiger partial charge in [-0.25, -0.2) is 24.3 Å². The van der Waals surface area contributed by atoms with Gasteiger partial charge < -0.3 is 9.72 Å². The van der Waals surface area contributed by atoms with E-state index in [0.29, 0.717) is 5.65 Å². The summed E-state index contributed by atoms with van der Waals surface area (Å²) in [4.78, 5) is 29.2. The van der Waals surface area contributed by atoms with Crippen LogP contribution >= 0.6 is 11.3 Å². The van der Waals surface area contributed by atoms with Crippen molar-refractivity contribution in [3.05, 3.63) is 41.8 Å². The molecule has 0 aliphatic rings. The molecule has 0 fully saturated rings. The molecule has 0 aliphatic carbocycles. The lowest BCUT2D eigenvalue weighted by atomic mass is 10.2. The quantitative estimate of drug-likeness (QED) is 0.547. The molecular weight excluding hydrogens is 362 g/mol. The Balaban J connectivity index is 1.79. The first-order valence-corrected chi connectivity index (χ1v) is 9.37. The fraction of sp³-hybridized carbons (Fsp3) is 0.263. The van der Waals surface area contributed by atoms with E-state index in [1.54, 1.807) is 18.6 Å². The predicted molar refractivity (Wildman–Crippen MR) is 105 cm³/mol. The summed E-state index contributed by atoms with van der Waals surface area (Å²) in [6, 6.07) is 3.77. The third-order valence-electron chi connectivity index (χ3n) is 3.84. The lowest BCUT2D eigenvalue weighted by molar-refractivity contribution is 0.0544. The van der Waals surface area contributed by atoms with Crippen LogP contribution in [0.15, 0.2) is 36.1 Å². The average Bonchev–Trinajstić information content (AvgIpc) is 3.30. The largest absolute Gasteiger partial charge is 0.443 e. The number of aromatic nitrogens is 5. The van der Waals surface area contributed by atoms with Gasteiger partial charge in [0.1, 0.15) is 11.2 Å². The van der Waals surface area contributed by atoms with Crippen LogP contribution in [0.25, 0.3) is 33.1 Å². The summed E-state index contributed by atoms with van der Waals surface area (Å²) in [7, 11) is 0. The number of aryl methyl sites for hydroxylation is 1. The van der Waals surface area contributed by atoms with Gasteiger partial charge in [-0.15, -0.1) is 11.3 Å². The molecule has 0 unspecified atom stereocenters. The van der Waals surface area contributed by atoms with E-state index in [2.05, 4.69) is 15.0 Å². The molecule has 8 heteroatoms. The second-order valence-electron chi connectivity index (χ2n) is 7.22. The van der Waals surface area contributed by atoms with Gasteiger partial charge in [0.05, 0.1) is 5.69 Å². The zero-order valence-corrected chi connectivity index (χ0v) is 16.3. The van der Waals surface area contributed by atoms with Gasteiger partial charge in [-0.1, -0.05) is 0 Å². The van der Waals surface area contributed by atoms with Crippen molar-refractivity contribution < 1.29 is 9.53 Å². The number of nitrogens with one attached hydrogen (secondary N) is 1. The van der Waals surface area contributed by atoms with E-state index in [1.807, 2.05) is 45.2 Å². The maximum absolute atomic E-state index is 12.6. The fourth-order valence-electron chi connectivity index (χ4n) is 2.74. The highest BCUT2D eigenvalue weighted by Crippen LogP contribution is 2.33. The molecule has 0 amide bonds. The standard InChI is InChI=1S/C19H19N5O2S/c1-11-8-21-15(22-11)17-23-14(10-27-17)13-9-24(18(25)26-19(2,3)4)16-12(13)6-5-7-20-16/h5-10H,1-4H3,(H,21,22). The van der Waals surface area contributed by atoms with Crippen LogP contribution in [0.3, 0.4) is 0 Å². The number of aromatic amines is 1. The SMILES string of the molecule is Cc1cnc(-c2nc(-c3cn(C(=O)OC(C)(C)C)c4ncccc34)cs2)[nH]1. The minimum Gasteiger partial charge on any atom is -0.443 e. The second kappa shape index (κ2) is 6.31. The number of nitrogens with zero attached hydrogens (tertiary/aromatic N) is 4. The molecule has 0 atom stereocenters. The Kier molecular flexibility index (Phi) is 4.07. The van der Waals surface area contributed by atoms with Gasteiger partial charge in [-0.05, 0) is 39.8 Å². The number of pyridine rings is 1. The van der Waals surface area contributed by atoms with Crippen LogP contribution in [0, 0.1) is 6.92 Å². The van der Waals surface area contributed by atoms with Crippen LogP contribution in [0.4, 0.5) is 4.79 Å². The van der Waals surface area contributed by atoms with E-state index in [1.165, 1.54) is 15.9 Å². The lowest BCUT2D eigenvalue weighted by Gasteiger charge is -2.19. The van der Waals surface area contributed by atoms with Gasteiger partial charge in [0.2, 0.25) is 0 Å². The van der Waals surface area contributed by atoms with E-state index >= 15 is 0 Å². The molecule has 0 saturated carbocycles. The molecule has 4 rings (SSSR count). The number of carbonyl (C=O) groups is 1. The predicted octanol–water partition coefficient (Wildman–Crippen LogP) is 4.64. The van der Waals surface area contributed by atoms with Crippen molar-refractivity contribution in [2.45, 2.75) is 33.3 Å². The van der Waals surface area contributed by atoms with Gasteiger partial charge in [0, 0.05) is 40.6 Å². The molecular formula is C19H19N5O2S. The zero-order valence-electron chi connectivity index (χ0n) is 15.5. The van der Waals surface area contributed by atoms with Crippen molar-refractivity contribution in [2.75, 3.05) is 0 Å². The Morgan fingerprint density at radius 2 is 2.11 bits per heavy atom. The molecule has 7 nitrogen and oxygen atoms in total. The first-order valence-electron chi connectivity index (χ1n) is 8.49. The van der Waals surface area contributed by atoms with Crippen molar-refractivity contribution >= 4 is 28.5 Å². The second-order valence-corrected chi connectivity index (χ2v) is 8.08. The number of fused-ring (bicyclic) bond motifs is 1. The number of carbonyl (C=O) groups excluding carboxylic acids is 1. The lowest BCUT2D eigenvalue weighted by Crippen LogP contribution is -2.26. The van der Waals surface area contributed by atoms with Crippen molar-refractivity contribution in [3.8, 4) is 22.1 Å². The Bertz CT molecular complexity index is 1130. The third kappa shape index (κ3) is 3.35. The molecule has 0 aromatic carbocycles. The molecule has 0 radical (unpaired) electrons. The molecule has 27 heavy (non-hydrogen) atoms. The molecule has 4 heterocycles. The van der Waals surface area contributed by atoms with Crippen molar-refractivity contribution in [3.63, 3.8) is 0 Å². The minimum atomic E-state index is -0.590. The summed E-state index contributed by atoms with van der Waals surface area (Å²) < 4.78 is 6.95. The summed E-state index contributed by atoms with van der Waals surface area (Å²) in [5.41, 5.74) is 2.53. The van der Waals surface area contributed by atoms with Crippen LogP contribution in [0.5, 0.6) is 0 Å². The molecule has 138 valence electrons. The summed E-state index contributed by atoms with van der Waals surface area (Å²) >= 11 is 1.50. The average molecular weight is 381 g/mol. The van der Waals surface area contributed by atoms with Crippen LogP contribution in [-0.4, -0.2) is 36.2 Å². The summed E-state index contributed by atoms with van der Waals surface area (Å²) in [6.45, 7) is 7.46. The van der Waals surface area contributed by atoms with E-state index in [4.69, 9.17) is 9.72 Å². The van der Waals surface area contributed by atoms with E-state index < -0.39 is 11.7 Å². The first-order chi connectivity index (χ1) is 12.8. The van der Waals surface area contributed by atoms with E-state index in [9.17, 15) is 4.79 Å². The smallest absolute Gasteiger partial charge is 0.420 e. The fourth-order valence-corrected chi connectivity index (χ4v) is 3.51. The monoisotopic (exact) mass is 381 g/mol. The summed E-state index contributed by atoms with van der Waals surface area (Å²) in [5, 5.41) is 3.59. The molecule has 0 spiro atoms. The highest BCUT2D eigenvalue weighted by Gasteiger charge is 2.22. The van der Waals surface area contributed by atoms with Crippen LogP contribution in [-0.2, 0) is 4.74 Å². The highest BCUT2D eigenvalue weighted by molar-refractivity contribution is 7.13. The number of hydrogen-bond acceptors (Lipinski definition) is 6. The Hall–Kier alpha value is -3.00. The van der Waals surface area contributed by atoms with Crippen LogP contribution in [0.2, 0.25) is 0 Å². The van der Waals surface area contributed by atoms with E-state index in [0.717, 1.165) is 33.2 Å². The van der Waals surface area contributed by atoms with Gasteiger partial charge in [0.25, 0.3) is 0 Å². The third-order valence-corrected chi connectivity index (χ3v) is 4.69. The van der Waals surface area contributed by atoms with Crippen molar-refractivity contribution in [1.29, 1.82) is 0 Å². The Labute approximate surface area is 160 Å². The van der Waals surface area contributed by atoms with Crippen molar-refractivity contribution in [2.24, 2.45) is 0 Å². The Morgan fingerprint density at radius 3 is 2.81 bits per heavy atom. The number of rotatable bonds is 2. The maximum atomic E-state index is 12.6. The molecule has 1 N–H and O–H groups in total. The van der Waals surface area contributed by atoms with Gasteiger partial charge in [0.15, 0.2) is 10.8 Å². The highest BCUT2D eigenvalue weighted by atomic mass is 32.1. The topological polar surface area (TPSA) is 85.7 Å². The number of hydrogen-bond donors (Lipinski definition) is 1. The maximum Gasteiger partial charge on any atom is 0.420 e. The summed E-state index contributed by atoms with van der Waals surface area (Å²) in [5.74, 6) is 0.734. The first kappa shape index (κ1) is 17.4. The van der Waals surface area contributed by atoms with E-state index in [-0.39, 0.29) is 0 Å². The van der Waals surface area contributed by atoms with Crippen LogP contribution in [0.1, 0.15) is 26.5 Å².